The van der Waals surface area contributed by atoms with Crippen molar-refractivity contribution in [1.29, 1.82) is 0 Å². The van der Waals surface area contributed by atoms with Crippen LogP contribution in [-0.4, -0.2) is 10.6 Å². The van der Waals surface area contributed by atoms with Crippen molar-refractivity contribution in [2.45, 2.75) is 33.3 Å². The molecule has 0 saturated heterocycles. The molecule has 0 N–H and O–H groups in total. The lowest BCUT2D eigenvalue weighted by molar-refractivity contribution is 0.129. The number of hydrogen-bond donors (Lipinski definition) is 0. The molecule has 0 aliphatic rings. The molecule has 0 amide bonds. The highest BCUT2D eigenvalue weighted by molar-refractivity contribution is 5.25. The van der Waals surface area contributed by atoms with Crippen LogP contribution in [0.1, 0.15) is 26.5 Å². The molecule has 0 aliphatic carbocycles. The van der Waals surface area contributed by atoms with Gasteiger partial charge in [0, 0.05) is 6.20 Å². The maximum absolute atomic E-state index is 5.67. The van der Waals surface area contributed by atoms with Gasteiger partial charge in [0.25, 0.3) is 0 Å². The number of hydrogen-bond acceptors (Lipinski definition) is 2. The third kappa shape index (κ3) is 2.53. The molecule has 0 aliphatic heterocycles. The van der Waals surface area contributed by atoms with Crippen LogP contribution in [0.25, 0.3) is 0 Å². The van der Waals surface area contributed by atoms with Crippen LogP contribution in [0.2, 0.25) is 0 Å². The summed E-state index contributed by atoms with van der Waals surface area (Å²) in [6.45, 7) is 8.03. The molecule has 1 aromatic heterocycles. The van der Waals surface area contributed by atoms with Crippen LogP contribution in [0.5, 0.6) is 5.75 Å². The van der Waals surface area contributed by atoms with Crippen LogP contribution in [0.4, 0.5) is 0 Å². The summed E-state index contributed by atoms with van der Waals surface area (Å²) in [6, 6.07) is 3.82. The highest BCUT2D eigenvalue weighted by Gasteiger charge is 2.12. The molecular weight excluding hydrogens is 150 g/mol. The van der Waals surface area contributed by atoms with Crippen molar-refractivity contribution in [3.05, 3.63) is 24.0 Å². The largest absolute Gasteiger partial charge is 0.486 e. The van der Waals surface area contributed by atoms with Gasteiger partial charge in [0.2, 0.25) is 0 Å². The lowest BCUT2D eigenvalue weighted by Gasteiger charge is -2.21. The average Bonchev–Trinajstić information content (AvgIpc) is 1.91. The van der Waals surface area contributed by atoms with Gasteiger partial charge in [0.05, 0.1) is 5.69 Å². The van der Waals surface area contributed by atoms with E-state index in [-0.39, 0.29) is 5.60 Å². The molecule has 0 spiro atoms. The van der Waals surface area contributed by atoms with E-state index in [0.717, 1.165) is 11.4 Å². The molecule has 2 nitrogen and oxygen atoms in total. The topological polar surface area (TPSA) is 22.1 Å². The predicted molar refractivity (Wildman–Crippen MR) is 49.4 cm³/mol. The van der Waals surface area contributed by atoms with E-state index in [1.807, 2.05) is 39.8 Å². The second-order valence-electron chi connectivity index (χ2n) is 3.80. The fourth-order valence-electron chi connectivity index (χ4n) is 0.907. The zero-order valence-electron chi connectivity index (χ0n) is 8.09. The van der Waals surface area contributed by atoms with Crippen LogP contribution in [0.15, 0.2) is 18.3 Å². The maximum Gasteiger partial charge on any atom is 0.141 e. The van der Waals surface area contributed by atoms with Gasteiger partial charge in [0.1, 0.15) is 11.4 Å². The van der Waals surface area contributed by atoms with Gasteiger partial charge in [-0.05, 0) is 39.8 Å². The summed E-state index contributed by atoms with van der Waals surface area (Å²) in [5.41, 5.74) is 0.792. The van der Waals surface area contributed by atoms with E-state index in [1.165, 1.54) is 0 Å². The Hall–Kier alpha value is -1.05. The lowest BCUT2D eigenvalue weighted by atomic mass is 10.2. The van der Waals surface area contributed by atoms with Gasteiger partial charge < -0.3 is 4.74 Å². The van der Waals surface area contributed by atoms with Crippen molar-refractivity contribution in [1.82, 2.24) is 4.98 Å². The number of aromatic nitrogens is 1. The Kier molecular flexibility index (Phi) is 2.36. The summed E-state index contributed by atoms with van der Waals surface area (Å²) >= 11 is 0. The van der Waals surface area contributed by atoms with Crippen LogP contribution < -0.4 is 4.74 Å². The van der Waals surface area contributed by atoms with E-state index >= 15 is 0 Å². The summed E-state index contributed by atoms with van der Waals surface area (Å²) in [4.78, 5) is 4.14. The van der Waals surface area contributed by atoms with Gasteiger partial charge in [-0.3, -0.25) is 4.98 Å². The summed E-state index contributed by atoms with van der Waals surface area (Å²) < 4.78 is 5.67. The number of pyridine rings is 1. The fraction of sp³-hybridized carbons (Fsp3) is 0.500. The highest BCUT2D eigenvalue weighted by Crippen LogP contribution is 2.19. The molecule has 0 bridgehead atoms. The second-order valence-corrected chi connectivity index (χ2v) is 3.80. The van der Waals surface area contributed by atoms with Crippen LogP contribution in [-0.2, 0) is 0 Å². The van der Waals surface area contributed by atoms with Crippen molar-refractivity contribution < 1.29 is 4.74 Å². The first-order valence-corrected chi connectivity index (χ1v) is 4.10. The monoisotopic (exact) mass is 165 g/mol. The van der Waals surface area contributed by atoms with Crippen LogP contribution in [0.3, 0.4) is 0 Å². The SMILES string of the molecule is Cc1ncccc1OC(C)(C)C. The average molecular weight is 165 g/mol. The van der Waals surface area contributed by atoms with E-state index in [4.69, 9.17) is 4.74 Å². The first kappa shape index (κ1) is 9.04. The van der Waals surface area contributed by atoms with E-state index in [0.29, 0.717) is 0 Å². The summed E-state index contributed by atoms with van der Waals surface area (Å²) in [6.07, 6.45) is 1.77. The van der Waals surface area contributed by atoms with Crippen molar-refractivity contribution >= 4 is 0 Å². The summed E-state index contributed by atoms with van der Waals surface area (Å²) in [5.74, 6) is 0.866. The maximum atomic E-state index is 5.67. The molecule has 66 valence electrons. The minimum Gasteiger partial charge on any atom is -0.486 e. The molecule has 0 atom stereocenters. The number of nitrogens with zero attached hydrogens (tertiary/aromatic N) is 1. The molecule has 12 heavy (non-hydrogen) atoms. The third-order valence-corrected chi connectivity index (χ3v) is 1.37. The van der Waals surface area contributed by atoms with Gasteiger partial charge in [-0.25, -0.2) is 0 Å². The van der Waals surface area contributed by atoms with Gasteiger partial charge in [-0.2, -0.15) is 0 Å². The third-order valence-electron chi connectivity index (χ3n) is 1.37. The van der Waals surface area contributed by atoms with Crippen molar-refractivity contribution in [3.63, 3.8) is 0 Å². The second kappa shape index (κ2) is 3.13. The molecule has 0 saturated carbocycles. The number of ether oxygens (including phenoxy) is 1. The normalized spacial score (nSPS) is 11.3. The summed E-state index contributed by atoms with van der Waals surface area (Å²) in [5, 5.41) is 0. The molecule has 0 unspecified atom stereocenters. The Balaban J connectivity index is 2.83. The van der Waals surface area contributed by atoms with Gasteiger partial charge in [-0.1, -0.05) is 0 Å². The summed E-state index contributed by atoms with van der Waals surface area (Å²) in [7, 11) is 0. The van der Waals surface area contributed by atoms with Crippen molar-refractivity contribution in [3.8, 4) is 5.75 Å². The Morgan fingerprint density at radius 2 is 2.00 bits per heavy atom. The van der Waals surface area contributed by atoms with Crippen molar-refractivity contribution in [2.75, 3.05) is 0 Å². The van der Waals surface area contributed by atoms with E-state index in [9.17, 15) is 0 Å². The molecule has 0 fully saturated rings. The van der Waals surface area contributed by atoms with Gasteiger partial charge >= 0.3 is 0 Å². The minimum atomic E-state index is -0.145. The minimum absolute atomic E-state index is 0.145. The van der Waals surface area contributed by atoms with Gasteiger partial charge in [0.15, 0.2) is 0 Å². The van der Waals surface area contributed by atoms with E-state index < -0.39 is 0 Å². The number of rotatable bonds is 1. The molecule has 1 rings (SSSR count). The Morgan fingerprint density at radius 1 is 1.33 bits per heavy atom. The predicted octanol–water partition coefficient (Wildman–Crippen LogP) is 2.57. The van der Waals surface area contributed by atoms with E-state index in [2.05, 4.69) is 4.98 Å². The Morgan fingerprint density at radius 3 is 2.50 bits per heavy atom. The zero-order valence-corrected chi connectivity index (χ0v) is 8.09. The first-order chi connectivity index (χ1) is 5.49. The van der Waals surface area contributed by atoms with Crippen LogP contribution >= 0.6 is 0 Å². The molecular formula is C10H15NO. The quantitative estimate of drug-likeness (QED) is 0.638. The zero-order chi connectivity index (χ0) is 9.19. The van der Waals surface area contributed by atoms with Crippen LogP contribution in [0, 0.1) is 6.92 Å². The molecule has 0 radical (unpaired) electrons. The molecule has 1 aromatic rings. The van der Waals surface area contributed by atoms with E-state index in [1.54, 1.807) is 6.20 Å². The smallest absolute Gasteiger partial charge is 0.141 e. The molecule has 0 aromatic carbocycles. The van der Waals surface area contributed by atoms with Crippen molar-refractivity contribution in [2.24, 2.45) is 0 Å². The lowest BCUT2D eigenvalue weighted by Crippen LogP contribution is -2.23. The Labute approximate surface area is 73.6 Å². The highest BCUT2D eigenvalue weighted by atomic mass is 16.5. The Bertz CT molecular complexity index is 263. The molecule has 1 heterocycles. The molecule has 2 heteroatoms. The standard InChI is InChI=1S/C10H15NO/c1-8-9(6-5-7-11-8)12-10(2,3)4/h5-7H,1-4H3. The fourth-order valence-corrected chi connectivity index (χ4v) is 0.907. The first-order valence-electron chi connectivity index (χ1n) is 4.10. The van der Waals surface area contributed by atoms with Gasteiger partial charge in [-0.15, -0.1) is 0 Å². The number of aryl methyl sites for hydroxylation is 1.